The molecule has 0 N–H and O–H groups in total. The van der Waals surface area contributed by atoms with Crippen molar-refractivity contribution in [3.63, 3.8) is 0 Å². The van der Waals surface area contributed by atoms with E-state index in [9.17, 15) is 0 Å². The normalized spacial score (nSPS) is 24.4. The van der Waals surface area contributed by atoms with E-state index in [2.05, 4.69) is 50.1 Å². The van der Waals surface area contributed by atoms with Gasteiger partial charge >= 0.3 is 0 Å². The predicted molar refractivity (Wildman–Crippen MR) is 75.2 cm³/mol. The average molecular weight is 247 g/mol. The Morgan fingerprint density at radius 1 is 1.40 bits per heavy atom. The third-order valence-corrected chi connectivity index (χ3v) is 5.74. The fourth-order valence-corrected chi connectivity index (χ4v) is 3.80. The van der Waals surface area contributed by atoms with E-state index in [1.165, 1.54) is 37.4 Å². The van der Waals surface area contributed by atoms with Crippen LogP contribution in [0, 0.1) is 5.41 Å². The van der Waals surface area contributed by atoms with Gasteiger partial charge in [-0.2, -0.15) is 24.4 Å². The molecule has 1 heterocycles. The van der Waals surface area contributed by atoms with Crippen LogP contribution in [0.1, 0.15) is 33.6 Å². The summed E-state index contributed by atoms with van der Waals surface area (Å²) in [7, 11) is 0. The van der Waals surface area contributed by atoms with Gasteiger partial charge in [0.1, 0.15) is 0 Å². The van der Waals surface area contributed by atoms with Gasteiger partial charge in [-0.05, 0) is 30.9 Å². The topological polar surface area (TPSA) is 3.24 Å². The van der Waals surface area contributed by atoms with Crippen LogP contribution in [0.4, 0.5) is 0 Å². The van der Waals surface area contributed by atoms with Crippen molar-refractivity contribution >= 4 is 24.4 Å². The van der Waals surface area contributed by atoms with Crippen molar-refractivity contribution in [2.45, 2.75) is 39.7 Å². The Morgan fingerprint density at radius 3 is 2.53 bits per heavy atom. The van der Waals surface area contributed by atoms with Crippen LogP contribution in [0.15, 0.2) is 0 Å². The van der Waals surface area contributed by atoms with Crippen LogP contribution < -0.4 is 0 Å². The summed E-state index contributed by atoms with van der Waals surface area (Å²) in [4.78, 5) is 2.67. The summed E-state index contributed by atoms with van der Waals surface area (Å²) in [5, 5.41) is 0. The number of thiol groups is 1. The second-order valence-electron chi connectivity index (χ2n) is 4.76. The minimum Gasteiger partial charge on any atom is -0.298 e. The van der Waals surface area contributed by atoms with Crippen molar-refractivity contribution in [2.75, 3.05) is 30.3 Å². The molecule has 0 spiro atoms. The second kappa shape index (κ2) is 6.41. The van der Waals surface area contributed by atoms with Gasteiger partial charge < -0.3 is 0 Å². The lowest BCUT2D eigenvalue weighted by atomic mass is 9.83. The van der Waals surface area contributed by atoms with Crippen molar-refractivity contribution < 1.29 is 0 Å². The molecule has 1 nitrogen and oxygen atoms in total. The molecule has 0 aromatic rings. The maximum absolute atomic E-state index is 4.56. The highest BCUT2D eigenvalue weighted by Gasteiger charge is 2.30. The van der Waals surface area contributed by atoms with E-state index in [0.29, 0.717) is 5.41 Å². The van der Waals surface area contributed by atoms with Crippen LogP contribution in [0.5, 0.6) is 0 Å². The first-order chi connectivity index (χ1) is 7.17. The molecule has 0 aliphatic carbocycles. The van der Waals surface area contributed by atoms with Gasteiger partial charge in [0.25, 0.3) is 0 Å². The van der Waals surface area contributed by atoms with Crippen molar-refractivity contribution in [1.29, 1.82) is 0 Å². The molecule has 0 amide bonds. The molecule has 0 radical (unpaired) electrons. The molecule has 0 bridgehead atoms. The summed E-state index contributed by atoms with van der Waals surface area (Å²) in [6, 6.07) is 0.751. The monoisotopic (exact) mass is 247 g/mol. The van der Waals surface area contributed by atoms with Gasteiger partial charge in [-0.3, -0.25) is 4.90 Å². The SMILES string of the molecule is CCC(CC)(CS)CN1CCSCC1C. The molecule has 1 aliphatic heterocycles. The molecule has 1 saturated heterocycles. The van der Waals surface area contributed by atoms with Gasteiger partial charge in [0.2, 0.25) is 0 Å². The maximum atomic E-state index is 4.56. The van der Waals surface area contributed by atoms with E-state index >= 15 is 0 Å². The van der Waals surface area contributed by atoms with Gasteiger partial charge in [-0.1, -0.05) is 13.8 Å². The Bertz CT molecular complexity index is 172. The first kappa shape index (κ1) is 13.7. The summed E-state index contributed by atoms with van der Waals surface area (Å²) >= 11 is 6.65. The van der Waals surface area contributed by atoms with Crippen molar-refractivity contribution in [1.82, 2.24) is 4.90 Å². The van der Waals surface area contributed by atoms with Crippen LogP contribution in [0.25, 0.3) is 0 Å². The van der Waals surface area contributed by atoms with Crippen LogP contribution in [0.2, 0.25) is 0 Å². The molecule has 1 aliphatic rings. The van der Waals surface area contributed by atoms with Crippen molar-refractivity contribution in [3.8, 4) is 0 Å². The number of rotatable bonds is 5. The number of nitrogens with zero attached hydrogens (tertiary/aromatic N) is 1. The maximum Gasteiger partial charge on any atom is 0.0158 e. The third-order valence-electron chi connectivity index (χ3n) is 3.88. The van der Waals surface area contributed by atoms with Crippen LogP contribution in [-0.2, 0) is 0 Å². The minimum absolute atomic E-state index is 0.444. The van der Waals surface area contributed by atoms with Gasteiger partial charge in [0.15, 0.2) is 0 Å². The summed E-state index contributed by atoms with van der Waals surface area (Å²) in [6.07, 6.45) is 2.51. The number of thioether (sulfide) groups is 1. The van der Waals surface area contributed by atoms with Crippen molar-refractivity contribution in [3.05, 3.63) is 0 Å². The van der Waals surface area contributed by atoms with Crippen LogP contribution >= 0.6 is 24.4 Å². The smallest absolute Gasteiger partial charge is 0.0158 e. The Balaban J connectivity index is 2.56. The Kier molecular flexibility index (Phi) is 5.86. The van der Waals surface area contributed by atoms with E-state index in [0.717, 1.165) is 11.8 Å². The lowest BCUT2D eigenvalue weighted by molar-refractivity contribution is 0.134. The molecule has 1 rings (SSSR count). The molecule has 90 valence electrons. The Labute approximate surface area is 105 Å². The minimum atomic E-state index is 0.444. The Morgan fingerprint density at radius 2 is 2.07 bits per heavy atom. The van der Waals surface area contributed by atoms with Crippen molar-refractivity contribution in [2.24, 2.45) is 5.41 Å². The molecule has 1 atom stereocenters. The molecule has 1 unspecified atom stereocenters. The molecule has 3 heteroatoms. The summed E-state index contributed by atoms with van der Waals surface area (Å²) in [5.74, 6) is 3.63. The zero-order chi connectivity index (χ0) is 11.3. The van der Waals surface area contributed by atoms with Gasteiger partial charge in [-0.15, -0.1) is 0 Å². The fraction of sp³-hybridized carbons (Fsp3) is 1.00. The third kappa shape index (κ3) is 3.57. The van der Waals surface area contributed by atoms with E-state index in [-0.39, 0.29) is 0 Å². The second-order valence-corrected chi connectivity index (χ2v) is 6.23. The first-order valence-corrected chi connectivity index (χ1v) is 7.89. The zero-order valence-corrected chi connectivity index (χ0v) is 12.0. The highest BCUT2D eigenvalue weighted by atomic mass is 32.2. The van der Waals surface area contributed by atoms with E-state index in [4.69, 9.17) is 0 Å². The number of hydrogen-bond donors (Lipinski definition) is 1. The quantitative estimate of drug-likeness (QED) is 0.744. The molecule has 0 saturated carbocycles. The highest BCUT2D eigenvalue weighted by Crippen LogP contribution is 2.31. The zero-order valence-electron chi connectivity index (χ0n) is 10.3. The first-order valence-electron chi connectivity index (χ1n) is 6.10. The summed E-state index contributed by atoms with van der Waals surface area (Å²) in [5.41, 5.74) is 0.444. The van der Waals surface area contributed by atoms with E-state index in [1.54, 1.807) is 0 Å². The lowest BCUT2D eigenvalue weighted by Gasteiger charge is -2.41. The van der Waals surface area contributed by atoms with Crippen LogP contribution in [0.3, 0.4) is 0 Å². The van der Waals surface area contributed by atoms with Gasteiger partial charge in [0, 0.05) is 30.6 Å². The highest BCUT2D eigenvalue weighted by molar-refractivity contribution is 7.99. The predicted octanol–water partition coefficient (Wildman–Crippen LogP) is 3.16. The number of hydrogen-bond acceptors (Lipinski definition) is 3. The molecule has 15 heavy (non-hydrogen) atoms. The fourth-order valence-electron chi connectivity index (χ4n) is 2.17. The summed E-state index contributed by atoms with van der Waals surface area (Å²) in [6.45, 7) is 9.49. The average Bonchev–Trinajstić information content (AvgIpc) is 2.29. The van der Waals surface area contributed by atoms with E-state index < -0.39 is 0 Å². The summed E-state index contributed by atoms with van der Waals surface area (Å²) < 4.78 is 0. The molecule has 1 fully saturated rings. The van der Waals surface area contributed by atoms with Gasteiger partial charge in [0.05, 0.1) is 0 Å². The Hall–Kier alpha value is 0.660. The standard InChI is InChI=1S/C12H25NS2/c1-4-12(5-2,10-14)9-13-6-7-15-8-11(13)3/h11,14H,4-10H2,1-3H3. The molecular formula is C12H25NS2. The molecule has 0 aromatic carbocycles. The molecular weight excluding hydrogens is 222 g/mol. The van der Waals surface area contributed by atoms with E-state index in [1.807, 2.05) is 0 Å². The lowest BCUT2D eigenvalue weighted by Crippen LogP contribution is -2.47. The van der Waals surface area contributed by atoms with Gasteiger partial charge in [-0.25, -0.2) is 0 Å². The molecule has 0 aromatic heterocycles. The largest absolute Gasteiger partial charge is 0.298 e. The van der Waals surface area contributed by atoms with Crippen LogP contribution in [-0.4, -0.2) is 41.3 Å².